The predicted octanol–water partition coefficient (Wildman–Crippen LogP) is 6.91. The zero-order valence-corrected chi connectivity index (χ0v) is 24.0. The van der Waals surface area contributed by atoms with Crippen molar-refractivity contribution in [1.29, 1.82) is 0 Å². The Balaban J connectivity index is 1.51. The van der Waals surface area contributed by atoms with Crippen molar-refractivity contribution in [3.8, 4) is 0 Å². The van der Waals surface area contributed by atoms with Crippen LogP contribution in [0.2, 0.25) is 0 Å². The van der Waals surface area contributed by atoms with Gasteiger partial charge in [0.15, 0.2) is 0 Å². The van der Waals surface area contributed by atoms with E-state index in [1.165, 1.54) is 12.0 Å². The summed E-state index contributed by atoms with van der Waals surface area (Å²) in [6, 6.07) is 22.4. The second-order valence-corrected chi connectivity index (χ2v) is 11.3. The van der Waals surface area contributed by atoms with E-state index in [4.69, 9.17) is 0 Å². The van der Waals surface area contributed by atoms with Gasteiger partial charge in [-0.1, -0.05) is 77.7 Å². The van der Waals surface area contributed by atoms with E-state index >= 15 is 0 Å². The number of halogens is 1. The molecule has 1 heterocycles. The molecule has 1 aliphatic rings. The highest BCUT2D eigenvalue weighted by atomic mass is 79.9. The summed E-state index contributed by atoms with van der Waals surface area (Å²) in [5, 5.41) is 0. The van der Waals surface area contributed by atoms with E-state index in [-0.39, 0.29) is 30.4 Å². The van der Waals surface area contributed by atoms with Crippen molar-refractivity contribution >= 4 is 33.8 Å². The van der Waals surface area contributed by atoms with Gasteiger partial charge in [0.05, 0.1) is 6.54 Å². The monoisotopic (exact) mass is 575 g/mol. The Hall–Kier alpha value is -3.12. The lowest BCUT2D eigenvalue weighted by atomic mass is 9.94. The van der Waals surface area contributed by atoms with Crippen molar-refractivity contribution in [2.45, 2.75) is 71.1 Å². The summed E-state index contributed by atoms with van der Waals surface area (Å²) in [7, 11) is 0. The summed E-state index contributed by atoms with van der Waals surface area (Å²) in [5.41, 5.74) is 3.28. The molecule has 3 aromatic rings. The Kier molecular flexibility index (Phi) is 9.99. The zero-order valence-electron chi connectivity index (χ0n) is 22.4. The number of amides is 2. The van der Waals surface area contributed by atoms with Gasteiger partial charge in [0.2, 0.25) is 11.8 Å². The quantitative estimate of drug-likeness (QED) is 0.246. The average Bonchev–Trinajstić information content (AvgIpc) is 3.37. The fourth-order valence-corrected chi connectivity index (χ4v) is 5.37. The van der Waals surface area contributed by atoms with Crippen LogP contribution in [-0.4, -0.2) is 44.8 Å². The highest BCUT2D eigenvalue weighted by Crippen LogP contribution is 2.25. The lowest BCUT2D eigenvalue weighted by Crippen LogP contribution is -2.49. The molecule has 0 unspecified atom stereocenters. The van der Waals surface area contributed by atoms with Crippen molar-refractivity contribution in [1.82, 2.24) is 14.4 Å². The van der Waals surface area contributed by atoms with E-state index in [1.54, 1.807) is 11.0 Å². The van der Waals surface area contributed by atoms with Gasteiger partial charge in [0.25, 0.3) is 0 Å². The van der Waals surface area contributed by atoms with E-state index in [0.29, 0.717) is 6.54 Å². The molecular weight excluding hydrogens is 538 g/mol. The van der Waals surface area contributed by atoms with Crippen LogP contribution in [0.15, 0.2) is 83.5 Å². The number of hydrogen-bond donors (Lipinski definition) is 0. The second kappa shape index (κ2) is 13.6. The molecule has 6 heteroatoms. The van der Waals surface area contributed by atoms with Gasteiger partial charge in [-0.05, 0) is 68.2 Å². The van der Waals surface area contributed by atoms with Crippen LogP contribution in [0.3, 0.4) is 0 Å². The molecule has 0 radical (unpaired) electrons. The van der Waals surface area contributed by atoms with Gasteiger partial charge in [0.1, 0.15) is 6.54 Å². The third-order valence-corrected chi connectivity index (χ3v) is 7.82. The van der Waals surface area contributed by atoms with Gasteiger partial charge in [0, 0.05) is 41.1 Å². The lowest BCUT2D eigenvalue weighted by molar-refractivity contribution is -0.142. The van der Waals surface area contributed by atoms with Crippen LogP contribution in [0.5, 0.6) is 0 Å². The first-order valence-electron chi connectivity index (χ1n) is 13.6. The molecule has 0 N–H and O–H groups in total. The molecule has 1 saturated carbocycles. The van der Waals surface area contributed by atoms with Gasteiger partial charge in [-0.25, -0.2) is 0 Å². The number of benzene rings is 2. The van der Waals surface area contributed by atoms with Crippen molar-refractivity contribution in [3.63, 3.8) is 0 Å². The number of hydrogen-bond acceptors (Lipinski definition) is 2. The Morgan fingerprint density at radius 2 is 1.68 bits per heavy atom. The van der Waals surface area contributed by atoms with Crippen molar-refractivity contribution in [3.05, 3.63) is 100 Å². The lowest BCUT2D eigenvalue weighted by Gasteiger charge is -2.36. The van der Waals surface area contributed by atoms with E-state index in [2.05, 4.69) is 63.1 Å². The number of carbonyl (C=O) groups excluding carboxylic acids is 2. The maximum absolute atomic E-state index is 13.9. The molecule has 5 nitrogen and oxygen atoms in total. The van der Waals surface area contributed by atoms with Gasteiger partial charge in [-0.3, -0.25) is 9.59 Å². The highest BCUT2D eigenvalue weighted by Gasteiger charge is 2.29. The van der Waals surface area contributed by atoms with E-state index in [1.807, 2.05) is 55.2 Å². The summed E-state index contributed by atoms with van der Waals surface area (Å²) in [5.74, 6) is -0.122. The third kappa shape index (κ3) is 7.70. The van der Waals surface area contributed by atoms with Gasteiger partial charge in [-0.15, -0.1) is 0 Å². The van der Waals surface area contributed by atoms with Crippen LogP contribution < -0.4 is 0 Å². The molecule has 2 amide bonds. The number of rotatable bonds is 10. The number of aromatic nitrogens is 1. The second-order valence-electron chi connectivity index (χ2n) is 10.4. The molecule has 1 aromatic heterocycles. The molecule has 0 bridgehead atoms. The normalized spacial score (nSPS) is 14.2. The molecule has 0 aliphatic heterocycles. The molecule has 200 valence electrons. The van der Waals surface area contributed by atoms with E-state index in [0.717, 1.165) is 48.0 Å². The minimum atomic E-state index is -0.139. The van der Waals surface area contributed by atoms with Crippen LogP contribution in [0, 0.1) is 0 Å². The van der Waals surface area contributed by atoms with Crippen molar-refractivity contribution in [2.75, 3.05) is 6.54 Å². The molecule has 2 aromatic carbocycles. The fourth-order valence-electron chi connectivity index (χ4n) is 5.10. The van der Waals surface area contributed by atoms with Crippen LogP contribution in [0.1, 0.15) is 62.8 Å². The first kappa shape index (κ1) is 27.9. The summed E-state index contributed by atoms with van der Waals surface area (Å²) in [6.07, 6.45) is 11.0. The number of nitrogens with zero attached hydrogens (tertiary/aromatic N) is 3. The van der Waals surface area contributed by atoms with Crippen LogP contribution in [0.25, 0.3) is 6.08 Å². The minimum Gasteiger partial charge on any atom is -0.345 e. The molecule has 1 fully saturated rings. The average molecular weight is 577 g/mol. The molecule has 4 rings (SSSR count). The van der Waals surface area contributed by atoms with Gasteiger partial charge in [-0.2, -0.15) is 0 Å². The van der Waals surface area contributed by atoms with E-state index < -0.39 is 0 Å². The zero-order chi connectivity index (χ0) is 26.9. The predicted molar refractivity (Wildman–Crippen MR) is 157 cm³/mol. The van der Waals surface area contributed by atoms with Crippen molar-refractivity contribution < 1.29 is 9.59 Å². The van der Waals surface area contributed by atoms with Gasteiger partial charge >= 0.3 is 0 Å². The SMILES string of the molecule is CC(C)N(CC(=O)N(Cc1cccn1Cc1ccc(Br)cc1)C1CCCCC1)C(=O)/C=C/c1ccccc1. The standard InChI is InChI=1S/C32H38BrN3O2/c1-25(2)35(31(37)20-17-26-10-5-3-6-11-26)24-32(38)36(29-12-7-4-8-13-29)23-30-14-9-21-34(30)22-27-15-18-28(33)19-16-27/h3,5-6,9-11,14-21,25,29H,4,7-8,12-13,22-24H2,1-2H3/b20-17+. The summed E-state index contributed by atoms with van der Waals surface area (Å²) < 4.78 is 3.28. The largest absolute Gasteiger partial charge is 0.345 e. The Morgan fingerprint density at radius 1 is 0.974 bits per heavy atom. The Morgan fingerprint density at radius 3 is 2.37 bits per heavy atom. The summed E-state index contributed by atoms with van der Waals surface area (Å²) >= 11 is 3.51. The number of carbonyl (C=O) groups is 2. The maximum atomic E-state index is 13.9. The van der Waals surface area contributed by atoms with Gasteiger partial charge < -0.3 is 14.4 Å². The first-order valence-corrected chi connectivity index (χ1v) is 14.4. The van der Waals surface area contributed by atoms with Crippen LogP contribution in [0.4, 0.5) is 0 Å². The smallest absolute Gasteiger partial charge is 0.247 e. The fraction of sp³-hybridized carbons (Fsp3) is 0.375. The first-order chi connectivity index (χ1) is 18.4. The molecule has 1 aliphatic carbocycles. The Bertz CT molecular complexity index is 1210. The van der Waals surface area contributed by atoms with Crippen LogP contribution in [-0.2, 0) is 22.7 Å². The topological polar surface area (TPSA) is 45.6 Å². The third-order valence-electron chi connectivity index (χ3n) is 7.29. The summed E-state index contributed by atoms with van der Waals surface area (Å²) in [6.45, 7) is 5.32. The van der Waals surface area contributed by atoms with Crippen LogP contribution >= 0.6 is 15.9 Å². The molecule has 0 spiro atoms. The Labute approximate surface area is 235 Å². The molecule has 0 atom stereocenters. The highest BCUT2D eigenvalue weighted by molar-refractivity contribution is 9.10. The summed E-state index contributed by atoms with van der Waals surface area (Å²) in [4.78, 5) is 30.7. The molecular formula is C32H38BrN3O2. The maximum Gasteiger partial charge on any atom is 0.247 e. The van der Waals surface area contributed by atoms with Crippen molar-refractivity contribution in [2.24, 2.45) is 0 Å². The molecule has 38 heavy (non-hydrogen) atoms. The van der Waals surface area contributed by atoms with E-state index in [9.17, 15) is 9.59 Å². The molecule has 0 saturated heterocycles. The minimum absolute atomic E-state index is 0.0171.